The predicted octanol–water partition coefficient (Wildman–Crippen LogP) is 2.12. The second-order valence-electron chi connectivity index (χ2n) is 6.37. The lowest BCUT2D eigenvalue weighted by Gasteiger charge is -2.25. The number of pyridine rings is 1. The van der Waals surface area contributed by atoms with Crippen molar-refractivity contribution >= 4 is 5.91 Å². The lowest BCUT2D eigenvalue weighted by molar-refractivity contribution is 0.0931. The van der Waals surface area contributed by atoms with Crippen molar-refractivity contribution in [1.29, 1.82) is 0 Å². The smallest absolute Gasteiger partial charge is 0.264 e. The van der Waals surface area contributed by atoms with E-state index in [0.29, 0.717) is 11.5 Å². The Bertz CT molecular complexity index is 998. The third-order valence-electron chi connectivity index (χ3n) is 4.63. The van der Waals surface area contributed by atoms with Crippen LogP contribution in [0.15, 0.2) is 59.7 Å². The fourth-order valence-electron chi connectivity index (χ4n) is 3.27. The van der Waals surface area contributed by atoms with Gasteiger partial charge in [0, 0.05) is 18.4 Å². The Balaban J connectivity index is 1.50. The summed E-state index contributed by atoms with van der Waals surface area (Å²) in [6.07, 6.45) is 5.50. The Kier molecular flexibility index (Phi) is 4.31. The number of fused-ring (bicyclic) bond motifs is 1. The van der Waals surface area contributed by atoms with Crippen LogP contribution in [0.5, 0.6) is 0 Å². The Labute approximate surface area is 150 Å². The van der Waals surface area contributed by atoms with E-state index in [0.717, 1.165) is 19.3 Å². The van der Waals surface area contributed by atoms with Gasteiger partial charge in [0.1, 0.15) is 11.3 Å². The third-order valence-corrected chi connectivity index (χ3v) is 4.63. The van der Waals surface area contributed by atoms with E-state index in [-0.39, 0.29) is 11.6 Å². The van der Waals surface area contributed by atoms with Crippen LogP contribution in [0.2, 0.25) is 0 Å². The van der Waals surface area contributed by atoms with Gasteiger partial charge in [-0.15, -0.1) is 0 Å². The van der Waals surface area contributed by atoms with E-state index in [9.17, 15) is 9.59 Å². The van der Waals surface area contributed by atoms with Crippen molar-refractivity contribution in [2.45, 2.75) is 25.3 Å². The van der Waals surface area contributed by atoms with E-state index in [1.807, 2.05) is 18.2 Å². The molecule has 0 spiro atoms. The maximum Gasteiger partial charge on any atom is 0.264 e. The molecular weight excluding hydrogens is 328 g/mol. The molecule has 2 aromatic heterocycles. The summed E-state index contributed by atoms with van der Waals surface area (Å²) in [7, 11) is 0. The van der Waals surface area contributed by atoms with Gasteiger partial charge in [0.15, 0.2) is 5.82 Å². The lowest BCUT2D eigenvalue weighted by atomic mass is 9.88. The Hall–Kier alpha value is -3.28. The molecule has 2 N–H and O–H groups in total. The molecule has 2 heterocycles. The quantitative estimate of drug-likeness (QED) is 0.760. The molecule has 26 heavy (non-hydrogen) atoms. The number of H-pyrrole nitrogens is 1. The first kappa shape index (κ1) is 16.2. The van der Waals surface area contributed by atoms with Gasteiger partial charge in [-0.05, 0) is 42.5 Å². The van der Waals surface area contributed by atoms with E-state index in [1.54, 1.807) is 18.3 Å². The molecule has 0 bridgehead atoms. The first-order valence-corrected chi connectivity index (χ1v) is 8.59. The second-order valence-corrected chi connectivity index (χ2v) is 6.37. The van der Waals surface area contributed by atoms with E-state index in [2.05, 4.69) is 32.4 Å². The van der Waals surface area contributed by atoms with Crippen molar-refractivity contribution in [3.8, 4) is 11.5 Å². The summed E-state index contributed by atoms with van der Waals surface area (Å²) in [6, 6.07) is 13.6. The number of hydrogen-bond donors (Lipinski definition) is 2. The van der Waals surface area contributed by atoms with E-state index in [4.69, 9.17) is 0 Å². The molecule has 130 valence electrons. The first-order chi connectivity index (χ1) is 12.7. The van der Waals surface area contributed by atoms with Gasteiger partial charge >= 0.3 is 0 Å². The van der Waals surface area contributed by atoms with Gasteiger partial charge in [0.2, 0.25) is 0 Å². The van der Waals surface area contributed by atoms with Gasteiger partial charge in [0.25, 0.3) is 11.5 Å². The topological polar surface area (TPSA) is 87.7 Å². The molecule has 1 aromatic carbocycles. The van der Waals surface area contributed by atoms with Crippen LogP contribution in [0.25, 0.3) is 11.5 Å². The number of benzene rings is 1. The molecule has 0 saturated carbocycles. The standard InChI is InChI=1S/C20H18N4O2/c25-19(23-15-9-8-13-5-1-2-6-14(13)11-15)16-12-22-18(24-20(16)26)17-7-3-4-10-21-17/h1-7,10,12,15H,8-9,11H2,(H,23,25)(H,22,24,26)/t15-/m0/s1. The number of carbonyl (C=O) groups excluding carboxylic acids is 1. The largest absolute Gasteiger partial charge is 0.349 e. The van der Waals surface area contributed by atoms with Gasteiger partial charge < -0.3 is 10.3 Å². The lowest BCUT2D eigenvalue weighted by Crippen LogP contribution is -2.41. The van der Waals surface area contributed by atoms with Crippen LogP contribution in [-0.2, 0) is 12.8 Å². The normalized spacial score (nSPS) is 15.9. The number of nitrogens with one attached hydrogen (secondary N) is 2. The second kappa shape index (κ2) is 6.92. The van der Waals surface area contributed by atoms with Gasteiger partial charge in [-0.3, -0.25) is 14.6 Å². The van der Waals surface area contributed by atoms with E-state index >= 15 is 0 Å². The molecule has 3 aromatic rings. The van der Waals surface area contributed by atoms with Crippen molar-refractivity contribution in [3.63, 3.8) is 0 Å². The number of amides is 1. The Morgan fingerprint density at radius 1 is 1.08 bits per heavy atom. The highest BCUT2D eigenvalue weighted by Gasteiger charge is 2.22. The van der Waals surface area contributed by atoms with Gasteiger partial charge in [0.05, 0.1) is 0 Å². The van der Waals surface area contributed by atoms with Crippen LogP contribution < -0.4 is 10.9 Å². The third kappa shape index (κ3) is 3.26. The minimum Gasteiger partial charge on any atom is -0.349 e. The first-order valence-electron chi connectivity index (χ1n) is 8.59. The summed E-state index contributed by atoms with van der Waals surface area (Å²) in [4.78, 5) is 35.8. The molecule has 1 aliphatic rings. The van der Waals surface area contributed by atoms with Gasteiger partial charge in [-0.2, -0.15) is 0 Å². The number of aromatic nitrogens is 3. The molecule has 0 unspecified atom stereocenters. The van der Waals surface area contributed by atoms with E-state index < -0.39 is 11.5 Å². The molecule has 0 fully saturated rings. The molecule has 0 radical (unpaired) electrons. The fourth-order valence-corrected chi connectivity index (χ4v) is 3.27. The zero-order valence-corrected chi connectivity index (χ0v) is 14.1. The van der Waals surface area contributed by atoms with Crippen molar-refractivity contribution in [2.75, 3.05) is 0 Å². The summed E-state index contributed by atoms with van der Waals surface area (Å²) in [6.45, 7) is 0. The van der Waals surface area contributed by atoms with Crippen molar-refractivity contribution < 1.29 is 4.79 Å². The van der Waals surface area contributed by atoms with Crippen molar-refractivity contribution in [3.05, 3.63) is 81.9 Å². The summed E-state index contributed by atoms with van der Waals surface area (Å²) in [5.74, 6) is -0.0468. The zero-order chi connectivity index (χ0) is 17.9. The molecule has 1 atom stereocenters. The van der Waals surface area contributed by atoms with Crippen molar-refractivity contribution in [2.24, 2.45) is 0 Å². The molecule has 4 rings (SSSR count). The van der Waals surface area contributed by atoms with Crippen LogP contribution >= 0.6 is 0 Å². The average molecular weight is 346 g/mol. The maximum atomic E-state index is 12.5. The minimum absolute atomic E-state index is 0.0172. The minimum atomic E-state index is -0.464. The highest BCUT2D eigenvalue weighted by atomic mass is 16.2. The number of aryl methyl sites for hydroxylation is 1. The number of carbonyl (C=O) groups is 1. The number of rotatable bonds is 3. The van der Waals surface area contributed by atoms with Gasteiger partial charge in [-0.25, -0.2) is 4.98 Å². The summed E-state index contributed by atoms with van der Waals surface area (Å²) in [5.41, 5.74) is 2.69. The number of aromatic amines is 1. The number of nitrogens with zero attached hydrogens (tertiary/aromatic N) is 2. The zero-order valence-electron chi connectivity index (χ0n) is 14.1. The average Bonchev–Trinajstić information content (AvgIpc) is 2.68. The van der Waals surface area contributed by atoms with Crippen LogP contribution in [0.4, 0.5) is 0 Å². The summed E-state index contributed by atoms with van der Waals surface area (Å²) < 4.78 is 0. The van der Waals surface area contributed by atoms with Gasteiger partial charge in [-0.1, -0.05) is 30.3 Å². The molecule has 1 amide bonds. The molecule has 6 heteroatoms. The molecule has 6 nitrogen and oxygen atoms in total. The number of hydrogen-bond acceptors (Lipinski definition) is 4. The van der Waals surface area contributed by atoms with Crippen LogP contribution in [0, 0.1) is 0 Å². The molecular formula is C20H18N4O2. The Morgan fingerprint density at radius 3 is 2.65 bits per heavy atom. The predicted molar refractivity (Wildman–Crippen MR) is 97.8 cm³/mol. The summed E-state index contributed by atoms with van der Waals surface area (Å²) in [5, 5.41) is 2.96. The monoisotopic (exact) mass is 346 g/mol. The summed E-state index contributed by atoms with van der Waals surface area (Å²) >= 11 is 0. The van der Waals surface area contributed by atoms with Crippen LogP contribution in [-0.4, -0.2) is 26.9 Å². The Morgan fingerprint density at radius 2 is 1.88 bits per heavy atom. The highest BCUT2D eigenvalue weighted by Crippen LogP contribution is 2.21. The fraction of sp³-hybridized carbons (Fsp3) is 0.200. The van der Waals surface area contributed by atoms with Crippen LogP contribution in [0.3, 0.4) is 0 Å². The van der Waals surface area contributed by atoms with Crippen molar-refractivity contribution in [1.82, 2.24) is 20.3 Å². The maximum absolute atomic E-state index is 12.5. The van der Waals surface area contributed by atoms with E-state index in [1.165, 1.54) is 17.3 Å². The SMILES string of the molecule is O=C(N[C@H]1CCc2ccccc2C1)c1cnc(-c2ccccn2)[nH]c1=O. The highest BCUT2D eigenvalue weighted by molar-refractivity contribution is 5.93. The molecule has 0 saturated heterocycles. The molecule has 0 aliphatic heterocycles. The van der Waals surface area contributed by atoms with Crippen LogP contribution in [0.1, 0.15) is 27.9 Å². The molecule has 1 aliphatic carbocycles.